The van der Waals surface area contributed by atoms with E-state index < -0.39 is 31.3 Å². The van der Waals surface area contributed by atoms with Gasteiger partial charge in [-0.25, -0.2) is 4.79 Å². The second kappa shape index (κ2) is 5.97. The van der Waals surface area contributed by atoms with Crippen molar-refractivity contribution in [3.05, 3.63) is 24.0 Å². The van der Waals surface area contributed by atoms with E-state index in [9.17, 15) is 15.0 Å². The molecule has 0 aliphatic carbocycles. The molecule has 0 aromatic heterocycles. The van der Waals surface area contributed by atoms with Crippen molar-refractivity contribution in [2.75, 3.05) is 19.5 Å². The van der Waals surface area contributed by atoms with Crippen molar-refractivity contribution in [1.29, 1.82) is 0 Å². The average Bonchev–Trinajstić information content (AvgIpc) is 2.64. The molecule has 4 unspecified atom stereocenters. The lowest BCUT2D eigenvalue weighted by atomic mass is 9.99. The predicted octanol–water partition coefficient (Wildman–Crippen LogP) is 0.285. The Morgan fingerprint density at radius 3 is 2.62 bits per heavy atom. The van der Waals surface area contributed by atoms with Gasteiger partial charge in [0, 0.05) is 17.5 Å². The fraction of sp³-hybridized carbons (Fsp3) is 0.571. The molecule has 2 aliphatic heterocycles. The molecule has 1 fully saturated rings. The van der Waals surface area contributed by atoms with Crippen LogP contribution in [0.1, 0.15) is 6.42 Å². The molecule has 2 aliphatic rings. The van der Waals surface area contributed by atoms with Crippen LogP contribution in [-0.4, -0.2) is 66.5 Å². The number of rotatable bonds is 4. The SMILES string of the molecule is C=C1NC(=O)NC=C1C1OC(CCP(=C)(C)C)C(O)C1O. The van der Waals surface area contributed by atoms with Gasteiger partial charge in [-0.1, -0.05) is 6.58 Å². The summed E-state index contributed by atoms with van der Waals surface area (Å²) >= 11 is 0. The van der Waals surface area contributed by atoms with E-state index in [0.29, 0.717) is 17.7 Å². The van der Waals surface area contributed by atoms with Gasteiger partial charge in [0.1, 0.15) is 18.3 Å². The van der Waals surface area contributed by atoms with Gasteiger partial charge in [0.05, 0.1) is 6.10 Å². The molecule has 1 saturated heterocycles. The lowest BCUT2D eigenvalue weighted by molar-refractivity contribution is 0.0188. The molecule has 21 heavy (non-hydrogen) atoms. The second-order valence-electron chi connectivity index (χ2n) is 6.20. The Labute approximate surface area is 124 Å². The van der Waals surface area contributed by atoms with Crippen molar-refractivity contribution in [2.45, 2.75) is 30.8 Å². The largest absolute Gasteiger partial charge is 0.388 e. The van der Waals surface area contributed by atoms with Gasteiger partial charge in [-0.15, -0.1) is 13.2 Å². The molecule has 6 nitrogen and oxygen atoms in total. The smallest absolute Gasteiger partial charge is 0.323 e. The highest BCUT2D eigenvalue weighted by atomic mass is 31.2. The van der Waals surface area contributed by atoms with Crippen molar-refractivity contribution < 1.29 is 19.7 Å². The summed E-state index contributed by atoms with van der Waals surface area (Å²) in [4.78, 5) is 11.2. The summed E-state index contributed by atoms with van der Waals surface area (Å²) in [5.74, 6) is 0. The van der Waals surface area contributed by atoms with Gasteiger partial charge in [-0.2, -0.15) is 0 Å². The van der Waals surface area contributed by atoms with Gasteiger partial charge in [-0.3, -0.25) is 0 Å². The first-order valence-electron chi connectivity index (χ1n) is 6.85. The quantitative estimate of drug-likeness (QED) is 0.561. The molecule has 2 rings (SSSR count). The minimum atomic E-state index is -1.21. The van der Waals surface area contributed by atoms with E-state index in [4.69, 9.17) is 4.74 Å². The normalized spacial score (nSPS) is 33.4. The average molecular weight is 314 g/mol. The lowest BCUT2D eigenvalue weighted by Gasteiger charge is -2.24. The maximum atomic E-state index is 11.2. The molecule has 2 heterocycles. The highest BCUT2D eigenvalue weighted by Gasteiger charge is 2.45. The molecule has 0 spiro atoms. The molecule has 0 saturated carbocycles. The summed E-state index contributed by atoms with van der Waals surface area (Å²) in [6, 6.07) is -0.378. The Bertz CT molecular complexity index is 525. The van der Waals surface area contributed by atoms with E-state index in [-0.39, 0.29) is 6.03 Å². The van der Waals surface area contributed by atoms with Crippen LogP contribution < -0.4 is 10.6 Å². The summed E-state index contributed by atoms with van der Waals surface area (Å²) in [6.07, 6.45) is 4.00. The number of nitrogens with one attached hydrogen (secondary N) is 2. The summed E-state index contributed by atoms with van der Waals surface area (Å²) in [5, 5.41) is 25.4. The fourth-order valence-electron chi connectivity index (χ4n) is 2.45. The molecule has 0 aromatic carbocycles. The number of carbonyl (C=O) groups is 1. The topological polar surface area (TPSA) is 90.8 Å². The zero-order valence-corrected chi connectivity index (χ0v) is 13.3. The number of hydrogen-bond donors (Lipinski definition) is 4. The van der Waals surface area contributed by atoms with Crippen LogP contribution in [0.3, 0.4) is 0 Å². The van der Waals surface area contributed by atoms with Crippen LogP contribution in [0.25, 0.3) is 0 Å². The van der Waals surface area contributed by atoms with E-state index in [2.05, 4.69) is 36.8 Å². The van der Waals surface area contributed by atoms with Crippen LogP contribution in [0, 0.1) is 0 Å². The third-order valence-corrected chi connectivity index (χ3v) is 5.13. The van der Waals surface area contributed by atoms with Crippen molar-refractivity contribution in [1.82, 2.24) is 10.6 Å². The van der Waals surface area contributed by atoms with Gasteiger partial charge in [0.15, 0.2) is 0 Å². The molecule has 0 aromatic rings. The first kappa shape index (κ1) is 16.3. The van der Waals surface area contributed by atoms with Crippen LogP contribution in [0.5, 0.6) is 0 Å². The number of hydrogen-bond acceptors (Lipinski definition) is 4. The van der Waals surface area contributed by atoms with Crippen molar-refractivity contribution in [3.63, 3.8) is 0 Å². The third kappa shape index (κ3) is 3.77. The molecule has 0 bridgehead atoms. The Morgan fingerprint density at radius 2 is 2.05 bits per heavy atom. The van der Waals surface area contributed by atoms with Gasteiger partial charge >= 0.3 is 6.03 Å². The molecular formula is C14H23N2O4P. The van der Waals surface area contributed by atoms with Crippen LogP contribution in [0.2, 0.25) is 0 Å². The maximum absolute atomic E-state index is 11.2. The number of urea groups is 1. The summed E-state index contributed by atoms with van der Waals surface area (Å²) in [6.45, 7) is 6.77. The highest BCUT2D eigenvalue weighted by Crippen LogP contribution is 2.39. The molecule has 4 atom stereocenters. The van der Waals surface area contributed by atoms with E-state index in [1.807, 2.05) is 0 Å². The second-order valence-corrected chi connectivity index (χ2v) is 10.5. The van der Waals surface area contributed by atoms with Crippen molar-refractivity contribution in [2.24, 2.45) is 0 Å². The summed E-state index contributed by atoms with van der Waals surface area (Å²) in [7, 11) is 0. The molecular weight excluding hydrogens is 291 g/mol. The molecule has 0 radical (unpaired) electrons. The van der Waals surface area contributed by atoms with Crippen LogP contribution >= 0.6 is 6.89 Å². The first-order chi connectivity index (χ1) is 9.69. The zero-order chi connectivity index (χ0) is 15.8. The number of ether oxygens (including phenoxy) is 1. The first-order valence-corrected chi connectivity index (χ1v) is 9.90. The number of aliphatic hydroxyl groups excluding tert-OH is 2. The number of aliphatic hydroxyl groups is 2. The van der Waals surface area contributed by atoms with Crippen molar-refractivity contribution >= 4 is 19.2 Å². The molecule has 2 amide bonds. The number of amides is 2. The van der Waals surface area contributed by atoms with Crippen LogP contribution in [-0.2, 0) is 4.74 Å². The molecule has 4 N–H and O–H groups in total. The van der Waals surface area contributed by atoms with Gasteiger partial charge in [0.2, 0.25) is 0 Å². The Morgan fingerprint density at radius 1 is 1.38 bits per heavy atom. The van der Waals surface area contributed by atoms with E-state index >= 15 is 0 Å². The highest BCUT2D eigenvalue weighted by molar-refractivity contribution is 7.72. The Hall–Kier alpha value is -1.07. The van der Waals surface area contributed by atoms with E-state index in [1.165, 1.54) is 6.20 Å². The predicted molar refractivity (Wildman–Crippen MR) is 84.9 cm³/mol. The molecule has 7 heteroatoms. The zero-order valence-electron chi connectivity index (χ0n) is 12.4. The van der Waals surface area contributed by atoms with Crippen LogP contribution in [0.15, 0.2) is 24.0 Å². The van der Waals surface area contributed by atoms with E-state index in [0.717, 1.165) is 6.16 Å². The summed E-state index contributed by atoms with van der Waals surface area (Å²) < 4.78 is 5.80. The monoisotopic (exact) mass is 314 g/mol. The van der Waals surface area contributed by atoms with Crippen molar-refractivity contribution in [3.8, 4) is 0 Å². The number of carbonyl (C=O) groups excluding carboxylic acids is 1. The van der Waals surface area contributed by atoms with Gasteiger partial charge in [-0.05, 0) is 25.9 Å². The fourth-order valence-corrected chi connectivity index (χ4v) is 3.40. The molecule has 118 valence electrons. The van der Waals surface area contributed by atoms with Crippen LogP contribution in [0.4, 0.5) is 4.79 Å². The van der Waals surface area contributed by atoms with E-state index in [1.54, 1.807) is 0 Å². The minimum Gasteiger partial charge on any atom is -0.388 e. The standard InChI is InChI=1S/C14H23N2O4P/c1-8-9(7-15-14(19)16-8)13-12(18)11(17)10(20-13)5-6-21(2,3)4/h7,10-13,17-18H,1-2,5-6H2,3-4H3,(H2,15,16,19). The van der Waals surface area contributed by atoms with Gasteiger partial charge < -0.3 is 25.6 Å². The minimum absolute atomic E-state index is 0.376. The maximum Gasteiger partial charge on any atom is 0.323 e. The summed E-state index contributed by atoms with van der Waals surface area (Å²) in [5.41, 5.74) is 0.924. The Balaban J connectivity index is 2.08. The lowest BCUT2D eigenvalue weighted by Crippen LogP contribution is -2.41. The van der Waals surface area contributed by atoms with Gasteiger partial charge in [0.25, 0.3) is 0 Å². The Kier molecular flexibility index (Phi) is 4.63. The third-order valence-electron chi connectivity index (χ3n) is 3.66.